The first kappa shape index (κ1) is 102. The minimum atomic E-state index is -0.548. The van der Waals surface area contributed by atoms with Gasteiger partial charge < -0.3 is 66.3 Å². The van der Waals surface area contributed by atoms with Gasteiger partial charge in [0, 0.05) is 49.0 Å². The number of unbranched alkanes of at least 4 members (excludes halogenated alkanes) is 5. The van der Waals surface area contributed by atoms with E-state index in [0.717, 1.165) is 136 Å². The summed E-state index contributed by atoms with van der Waals surface area (Å²) in [7, 11) is 0. The fraction of sp³-hybridized carbons (Fsp3) is 0.224. The Hall–Kier alpha value is -15.8. The molecule has 0 atom stereocenters. The predicted molar refractivity (Wildman–Crippen MR) is 509 cm³/mol. The van der Waals surface area contributed by atoms with Crippen molar-refractivity contribution < 1.29 is 105 Å². The highest BCUT2D eigenvalue weighted by molar-refractivity contribution is 5.93. The van der Waals surface area contributed by atoms with E-state index in [9.17, 15) is 38.4 Å². The normalized spacial score (nSPS) is 10.6. The SMILES string of the molecule is C=CC(=O)OCCCCOc1ccc(C(=O)Oc2ccc(N=Cc3ccc(OCc4ccc(C=C)cc4)cc3)c(C)c2)cc1.C=CC(=O)OCCCCOc1ccc(C(=O)Oc2ccc(OC(=O)c3ccc(OCCCCOC(=O)C=C)cc3)c(C)c2)cc1.C=CC(=O)OCCCCOc1ccc(C=Nc2ccc(N=Cc3ccc(OCCCCOC(=O)C=C)cc3)c(C)c2)cc1. The van der Waals surface area contributed by atoms with Crippen LogP contribution in [0.25, 0.3) is 6.08 Å². The summed E-state index contributed by atoms with van der Waals surface area (Å²) in [5, 5.41) is 0. The van der Waals surface area contributed by atoms with Gasteiger partial charge in [-0.1, -0.05) is 69.8 Å². The Labute approximate surface area is 770 Å². The minimum Gasteiger partial charge on any atom is -0.494 e. The molecule has 0 spiro atoms. The smallest absolute Gasteiger partial charge is 0.343 e. The molecular formula is C107H109N3O22. The number of ether oxygens (including phenoxy) is 14. The molecule has 10 rings (SSSR count). The second kappa shape index (κ2) is 57.8. The molecule has 0 saturated carbocycles. The number of carbonyl (C=O) groups is 8. The third-order valence-electron chi connectivity index (χ3n) is 18.8. The molecule has 0 N–H and O–H groups in total. The zero-order valence-electron chi connectivity index (χ0n) is 74.5. The highest BCUT2D eigenvalue weighted by Gasteiger charge is 2.17. The summed E-state index contributed by atoms with van der Waals surface area (Å²) in [6.45, 7) is 30.8. The van der Waals surface area contributed by atoms with Crippen molar-refractivity contribution in [2.75, 3.05) is 66.1 Å². The molecule has 25 heteroatoms. The molecule has 10 aromatic carbocycles. The zero-order valence-corrected chi connectivity index (χ0v) is 74.5. The molecule has 0 radical (unpaired) electrons. The van der Waals surface area contributed by atoms with E-state index < -0.39 is 47.8 Å². The Morgan fingerprint density at radius 2 is 0.538 bits per heavy atom. The van der Waals surface area contributed by atoms with Crippen LogP contribution in [0.3, 0.4) is 0 Å². The Morgan fingerprint density at radius 1 is 0.265 bits per heavy atom. The number of benzene rings is 10. The molecule has 0 aliphatic rings. The van der Waals surface area contributed by atoms with Crippen molar-refractivity contribution in [3.8, 4) is 51.7 Å². The van der Waals surface area contributed by atoms with Gasteiger partial charge in [-0.2, -0.15) is 0 Å². The molecule has 0 aliphatic heterocycles. The summed E-state index contributed by atoms with van der Waals surface area (Å²) in [4.78, 5) is 107. The third-order valence-corrected chi connectivity index (χ3v) is 18.8. The lowest BCUT2D eigenvalue weighted by Gasteiger charge is -2.11. The van der Waals surface area contributed by atoms with Gasteiger partial charge in [0.05, 0.1) is 99.8 Å². The van der Waals surface area contributed by atoms with Crippen molar-refractivity contribution in [2.24, 2.45) is 15.0 Å². The number of carbonyl (C=O) groups excluding carboxylic acids is 8. The Balaban J connectivity index is 0.000000244. The molecule has 10 aromatic rings. The van der Waals surface area contributed by atoms with Crippen molar-refractivity contribution >= 4 is 89.5 Å². The van der Waals surface area contributed by atoms with Crippen LogP contribution in [0.1, 0.15) is 140 Å². The summed E-state index contributed by atoms with van der Waals surface area (Å²) in [6.07, 6.45) is 20.1. The van der Waals surface area contributed by atoms with Crippen LogP contribution < -0.4 is 42.6 Å². The van der Waals surface area contributed by atoms with Crippen molar-refractivity contribution in [1.82, 2.24) is 0 Å². The lowest BCUT2D eigenvalue weighted by atomic mass is 10.1. The fourth-order valence-corrected chi connectivity index (χ4v) is 11.5. The number of aryl methyl sites for hydroxylation is 3. The van der Waals surface area contributed by atoms with E-state index in [-0.39, 0.29) is 0 Å². The minimum absolute atomic E-state index is 0.299. The van der Waals surface area contributed by atoms with Gasteiger partial charge in [-0.25, -0.2) is 38.4 Å². The lowest BCUT2D eigenvalue weighted by Crippen LogP contribution is -2.11. The van der Waals surface area contributed by atoms with E-state index in [1.807, 2.05) is 154 Å². The van der Waals surface area contributed by atoms with Crippen LogP contribution in [0.2, 0.25) is 0 Å². The highest BCUT2D eigenvalue weighted by Crippen LogP contribution is 2.30. The van der Waals surface area contributed by atoms with E-state index in [1.54, 1.807) is 116 Å². The first-order chi connectivity index (χ1) is 64.2. The number of hydrogen-bond acceptors (Lipinski definition) is 25. The summed E-state index contributed by atoms with van der Waals surface area (Å²) in [6, 6.07) is 67.1. The quantitative estimate of drug-likeness (QED) is 0.00854. The summed E-state index contributed by atoms with van der Waals surface area (Å²) < 4.78 is 75.6. The topological polar surface area (TPSA) is 303 Å². The van der Waals surface area contributed by atoms with Crippen LogP contribution >= 0.6 is 0 Å². The van der Waals surface area contributed by atoms with Gasteiger partial charge in [-0.3, -0.25) is 15.0 Å². The monoisotopic (exact) mass is 1790 g/mol. The number of hydrogen-bond donors (Lipinski definition) is 0. The van der Waals surface area contributed by atoms with Crippen LogP contribution in [-0.4, -0.2) is 132 Å². The maximum Gasteiger partial charge on any atom is 0.343 e. The number of aliphatic imine (C=N–C) groups is 3. The number of esters is 8. The molecule has 25 nitrogen and oxygen atoms in total. The standard InChI is InChI=1S/C37H35NO6.C35H38N2O6.C35H36O10/c1-4-28-8-10-30(11-9-28)26-43-33-16-12-29(13-17-33)25-38-35-21-20-34(24-27(35)3)44-37(40)31-14-18-32(19-15-31)41-22-6-7-23-42-36(39)5-2;1-4-34(38)42-22-8-6-20-40-31-15-10-28(11-16-31)25-36-30-14-19-33(27(3)24-30)37-26-29-12-17-32(18-13-29)41-21-7-9-23-43-35(39)5-2;1-4-32(36)42-22-8-6-20-40-28-14-10-26(11-15-28)34(38)44-30-18-19-31(25(3)24-30)45-35(39)27-12-16-29(17-13-27)41-21-7-9-23-43-33(37)5-2/h4-5,8-21,24-25H,1-2,6-7,22-23,26H2,3H3;4-5,10-19,24-26H,1-2,6-9,20-23H2,3H3;4-5,10-19,24H,1-2,6-9,20-23H2,3H3. The van der Waals surface area contributed by atoms with Crippen molar-refractivity contribution in [2.45, 2.75) is 91.6 Å². The van der Waals surface area contributed by atoms with E-state index in [2.05, 4.69) is 54.5 Å². The Morgan fingerprint density at radius 3 is 0.856 bits per heavy atom. The fourth-order valence-electron chi connectivity index (χ4n) is 11.5. The van der Waals surface area contributed by atoms with Crippen molar-refractivity contribution in [1.29, 1.82) is 0 Å². The second-order valence-corrected chi connectivity index (χ2v) is 28.9. The van der Waals surface area contributed by atoms with Crippen LogP contribution in [-0.2, 0) is 54.3 Å². The van der Waals surface area contributed by atoms with Crippen LogP contribution in [0.15, 0.2) is 309 Å². The van der Waals surface area contributed by atoms with Gasteiger partial charge >= 0.3 is 47.8 Å². The van der Waals surface area contributed by atoms with E-state index in [4.69, 9.17) is 66.3 Å². The van der Waals surface area contributed by atoms with Crippen LogP contribution in [0.4, 0.5) is 17.1 Å². The zero-order chi connectivity index (χ0) is 94.3. The maximum absolute atomic E-state index is 12.7. The first-order valence-corrected chi connectivity index (χ1v) is 42.8. The average molecular weight is 1790 g/mol. The molecule has 0 amide bonds. The number of rotatable bonds is 51. The number of nitrogens with zero attached hydrogens (tertiary/aromatic N) is 3. The molecule has 0 heterocycles. The van der Waals surface area contributed by atoms with Gasteiger partial charge in [0.1, 0.15) is 58.4 Å². The molecule has 684 valence electrons. The van der Waals surface area contributed by atoms with Crippen molar-refractivity contribution in [3.05, 3.63) is 356 Å². The van der Waals surface area contributed by atoms with Crippen LogP contribution in [0.5, 0.6) is 51.7 Å². The molecule has 0 aromatic heterocycles. The molecule has 0 fully saturated rings. The summed E-state index contributed by atoms with van der Waals surface area (Å²) in [5.41, 5.74) is 11.1. The molecule has 0 bridgehead atoms. The van der Waals surface area contributed by atoms with E-state index in [0.29, 0.717) is 162 Å². The van der Waals surface area contributed by atoms with Gasteiger partial charge in [0.25, 0.3) is 0 Å². The molecule has 0 unspecified atom stereocenters. The van der Waals surface area contributed by atoms with Gasteiger partial charge in [-0.15, -0.1) is 0 Å². The average Bonchev–Trinajstić information content (AvgIpc) is 0.691. The Kier molecular flexibility index (Phi) is 44.5. The second-order valence-electron chi connectivity index (χ2n) is 28.9. The van der Waals surface area contributed by atoms with Crippen LogP contribution in [0, 0.1) is 20.8 Å². The first-order valence-electron chi connectivity index (χ1n) is 42.8. The maximum atomic E-state index is 12.7. The van der Waals surface area contributed by atoms with Gasteiger partial charge in [0.15, 0.2) is 0 Å². The van der Waals surface area contributed by atoms with E-state index >= 15 is 0 Å². The van der Waals surface area contributed by atoms with Gasteiger partial charge in [0.2, 0.25) is 0 Å². The van der Waals surface area contributed by atoms with E-state index in [1.165, 1.54) is 0 Å². The third kappa shape index (κ3) is 38.8. The Bertz CT molecular complexity index is 5530. The van der Waals surface area contributed by atoms with Crippen molar-refractivity contribution in [3.63, 3.8) is 0 Å². The highest BCUT2D eigenvalue weighted by atomic mass is 16.6. The summed E-state index contributed by atoms with van der Waals surface area (Å²) in [5.74, 6) is 1.54. The molecular weight excluding hydrogens is 1680 g/mol. The predicted octanol–water partition coefficient (Wildman–Crippen LogP) is 21.6. The molecule has 0 aliphatic carbocycles. The molecule has 132 heavy (non-hydrogen) atoms. The summed E-state index contributed by atoms with van der Waals surface area (Å²) >= 11 is 0. The molecule has 0 saturated heterocycles. The largest absolute Gasteiger partial charge is 0.494 e. The lowest BCUT2D eigenvalue weighted by molar-refractivity contribution is -0.138. The van der Waals surface area contributed by atoms with Gasteiger partial charge in [-0.05, 0) is 330 Å².